The van der Waals surface area contributed by atoms with Crippen molar-refractivity contribution in [3.63, 3.8) is 0 Å². The molecular formula is C18H24N4O2. The summed E-state index contributed by atoms with van der Waals surface area (Å²) in [5.41, 5.74) is 2.51. The number of rotatable bonds is 2. The zero-order valence-electron chi connectivity index (χ0n) is 14.6. The van der Waals surface area contributed by atoms with E-state index in [9.17, 15) is 4.79 Å². The van der Waals surface area contributed by atoms with Gasteiger partial charge in [0, 0.05) is 42.7 Å². The molecule has 3 heterocycles. The third-order valence-electron chi connectivity index (χ3n) is 4.24. The highest BCUT2D eigenvalue weighted by atomic mass is 16.6. The molecule has 2 aromatic heterocycles. The molecule has 1 aliphatic rings. The summed E-state index contributed by atoms with van der Waals surface area (Å²) < 4.78 is 5.48. The molecule has 6 heteroatoms. The molecule has 2 aromatic rings. The van der Waals surface area contributed by atoms with Gasteiger partial charge in [0.25, 0.3) is 0 Å². The Bertz CT molecular complexity index is 705. The lowest BCUT2D eigenvalue weighted by atomic mass is 9.94. The van der Waals surface area contributed by atoms with Crippen LogP contribution < -0.4 is 0 Å². The molecule has 0 aliphatic carbocycles. The molecule has 6 nitrogen and oxygen atoms in total. The van der Waals surface area contributed by atoms with E-state index in [1.54, 1.807) is 17.3 Å². The highest BCUT2D eigenvalue weighted by Crippen LogP contribution is 2.33. The Morgan fingerprint density at radius 3 is 2.67 bits per heavy atom. The molecule has 1 aliphatic heterocycles. The van der Waals surface area contributed by atoms with Gasteiger partial charge < -0.3 is 9.64 Å². The van der Waals surface area contributed by atoms with Gasteiger partial charge in [-0.05, 0) is 44.9 Å². The molecule has 2 atom stereocenters. The van der Waals surface area contributed by atoms with Gasteiger partial charge in [0.1, 0.15) is 5.60 Å². The fourth-order valence-corrected chi connectivity index (χ4v) is 3.04. The highest BCUT2D eigenvalue weighted by molar-refractivity contribution is 5.69. The lowest BCUT2D eigenvalue weighted by Gasteiger charge is -2.24. The molecule has 0 saturated carbocycles. The Morgan fingerprint density at radius 1 is 1.29 bits per heavy atom. The van der Waals surface area contributed by atoms with Crippen molar-refractivity contribution in [2.75, 3.05) is 13.1 Å². The standard InChI is InChI=1S/C18H24N4O2/c1-12-10-22(17(23)24-18(2,3)4)11-14(12)16-9-15(20-21-16)13-5-7-19-8-6-13/h5-9,12,14H,10-11H2,1-4H3,(H,20,21)/t12-,14-/m1/s1. The summed E-state index contributed by atoms with van der Waals surface area (Å²) >= 11 is 0. The third kappa shape index (κ3) is 3.58. The summed E-state index contributed by atoms with van der Waals surface area (Å²) in [6.07, 6.45) is 3.27. The molecule has 0 bridgehead atoms. The van der Waals surface area contributed by atoms with E-state index >= 15 is 0 Å². The number of carbonyl (C=O) groups excluding carboxylic acids is 1. The summed E-state index contributed by atoms with van der Waals surface area (Å²) in [6, 6.07) is 5.94. The molecular weight excluding hydrogens is 304 g/mol. The lowest BCUT2D eigenvalue weighted by Crippen LogP contribution is -2.35. The van der Waals surface area contributed by atoms with Gasteiger partial charge in [0.2, 0.25) is 0 Å². The van der Waals surface area contributed by atoms with Gasteiger partial charge in [-0.2, -0.15) is 5.10 Å². The van der Waals surface area contributed by atoms with Crippen molar-refractivity contribution >= 4 is 6.09 Å². The Hall–Kier alpha value is -2.37. The van der Waals surface area contributed by atoms with Gasteiger partial charge in [-0.25, -0.2) is 4.79 Å². The van der Waals surface area contributed by atoms with Crippen LogP contribution in [0.25, 0.3) is 11.3 Å². The molecule has 128 valence electrons. The first kappa shape index (κ1) is 16.5. The van der Waals surface area contributed by atoms with Crippen LogP contribution in [0.3, 0.4) is 0 Å². The first-order valence-electron chi connectivity index (χ1n) is 8.27. The molecule has 1 fully saturated rings. The van der Waals surface area contributed by atoms with Crippen LogP contribution in [-0.2, 0) is 4.74 Å². The van der Waals surface area contributed by atoms with E-state index in [1.165, 1.54) is 0 Å². The van der Waals surface area contributed by atoms with Crippen LogP contribution in [0.5, 0.6) is 0 Å². The van der Waals surface area contributed by atoms with Crippen molar-refractivity contribution in [1.29, 1.82) is 0 Å². The maximum atomic E-state index is 12.3. The number of aromatic amines is 1. The van der Waals surface area contributed by atoms with Crippen molar-refractivity contribution in [1.82, 2.24) is 20.1 Å². The predicted molar refractivity (Wildman–Crippen MR) is 91.5 cm³/mol. The van der Waals surface area contributed by atoms with Crippen molar-refractivity contribution in [2.24, 2.45) is 5.92 Å². The molecule has 0 spiro atoms. The van der Waals surface area contributed by atoms with Crippen molar-refractivity contribution in [3.8, 4) is 11.3 Å². The Kier molecular flexibility index (Phi) is 4.30. The molecule has 3 rings (SSSR count). The lowest BCUT2D eigenvalue weighted by molar-refractivity contribution is 0.0287. The number of amides is 1. The van der Waals surface area contributed by atoms with Crippen molar-refractivity contribution in [2.45, 2.75) is 39.2 Å². The van der Waals surface area contributed by atoms with Gasteiger partial charge in [-0.15, -0.1) is 0 Å². The number of likely N-dealkylation sites (tertiary alicyclic amines) is 1. The van der Waals surface area contributed by atoms with Crippen LogP contribution in [0.1, 0.15) is 39.3 Å². The number of aromatic nitrogens is 3. The zero-order chi connectivity index (χ0) is 17.3. The quantitative estimate of drug-likeness (QED) is 0.916. The highest BCUT2D eigenvalue weighted by Gasteiger charge is 2.36. The minimum Gasteiger partial charge on any atom is -0.444 e. The maximum absolute atomic E-state index is 12.3. The van der Waals surface area contributed by atoms with E-state index in [-0.39, 0.29) is 12.0 Å². The topological polar surface area (TPSA) is 71.1 Å². The molecule has 1 N–H and O–H groups in total. The summed E-state index contributed by atoms with van der Waals surface area (Å²) in [5, 5.41) is 7.54. The summed E-state index contributed by atoms with van der Waals surface area (Å²) in [6.45, 7) is 9.16. The molecule has 0 unspecified atom stereocenters. The SMILES string of the molecule is C[C@@H]1CN(C(=O)OC(C)(C)C)C[C@H]1c1cc(-c2ccncc2)n[nH]1. The average Bonchev–Trinajstić information content (AvgIpc) is 3.13. The van der Waals surface area contributed by atoms with E-state index in [1.807, 2.05) is 32.9 Å². The minimum absolute atomic E-state index is 0.237. The minimum atomic E-state index is -0.471. The first-order chi connectivity index (χ1) is 11.3. The number of nitrogens with one attached hydrogen (secondary N) is 1. The predicted octanol–water partition coefficient (Wildman–Crippen LogP) is 3.44. The van der Waals surface area contributed by atoms with Crippen molar-refractivity contribution < 1.29 is 9.53 Å². The summed E-state index contributed by atoms with van der Waals surface area (Å²) in [5.74, 6) is 0.587. The Labute approximate surface area is 142 Å². The molecule has 1 saturated heterocycles. The fourth-order valence-electron chi connectivity index (χ4n) is 3.04. The fraction of sp³-hybridized carbons (Fsp3) is 0.500. The largest absolute Gasteiger partial charge is 0.444 e. The second-order valence-corrected chi connectivity index (χ2v) is 7.41. The third-order valence-corrected chi connectivity index (χ3v) is 4.24. The number of hydrogen-bond acceptors (Lipinski definition) is 4. The van der Waals surface area contributed by atoms with Crippen LogP contribution in [0.4, 0.5) is 4.79 Å². The normalized spacial score (nSPS) is 21.1. The van der Waals surface area contributed by atoms with Crippen LogP contribution in [0, 0.1) is 5.92 Å². The van der Waals surface area contributed by atoms with Gasteiger partial charge in [0.15, 0.2) is 0 Å². The monoisotopic (exact) mass is 328 g/mol. The van der Waals surface area contributed by atoms with Crippen molar-refractivity contribution in [3.05, 3.63) is 36.3 Å². The zero-order valence-corrected chi connectivity index (χ0v) is 14.6. The first-order valence-corrected chi connectivity index (χ1v) is 8.27. The van der Waals surface area contributed by atoms with Crippen LogP contribution in [0.15, 0.2) is 30.6 Å². The smallest absolute Gasteiger partial charge is 0.410 e. The summed E-state index contributed by atoms with van der Waals surface area (Å²) in [4.78, 5) is 18.1. The Balaban J connectivity index is 1.72. The molecule has 1 amide bonds. The van der Waals surface area contributed by atoms with Crippen LogP contribution in [-0.4, -0.2) is 44.9 Å². The van der Waals surface area contributed by atoms with E-state index in [0.717, 1.165) is 17.0 Å². The van der Waals surface area contributed by atoms with E-state index in [2.05, 4.69) is 28.2 Å². The molecule has 24 heavy (non-hydrogen) atoms. The number of ether oxygens (including phenoxy) is 1. The second kappa shape index (κ2) is 6.26. The molecule has 0 aromatic carbocycles. The maximum Gasteiger partial charge on any atom is 0.410 e. The average molecular weight is 328 g/mol. The van der Waals surface area contributed by atoms with Crippen LogP contribution in [0.2, 0.25) is 0 Å². The van der Waals surface area contributed by atoms with Gasteiger partial charge in [0.05, 0.1) is 5.69 Å². The van der Waals surface area contributed by atoms with E-state index in [0.29, 0.717) is 19.0 Å². The van der Waals surface area contributed by atoms with Gasteiger partial charge in [-0.3, -0.25) is 10.1 Å². The second-order valence-electron chi connectivity index (χ2n) is 7.41. The number of pyridine rings is 1. The van der Waals surface area contributed by atoms with Gasteiger partial charge >= 0.3 is 6.09 Å². The van der Waals surface area contributed by atoms with E-state index < -0.39 is 5.60 Å². The number of H-pyrrole nitrogens is 1. The summed E-state index contributed by atoms with van der Waals surface area (Å²) in [7, 11) is 0. The number of nitrogens with zero attached hydrogens (tertiary/aromatic N) is 3. The van der Waals surface area contributed by atoms with Gasteiger partial charge in [-0.1, -0.05) is 6.92 Å². The van der Waals surface area contributed by atoms with Crippen LogP contribution >= 0.6 is 0 Å². The number of hydrogen-bond donors (Lipinski definition) is 1. The number of carbonyl (C=O) groups is 1. The molecule has 0 radical (unpaired) electrons. The Morgan fingerprint density at radius 2 is 2.00 bits per heavy atom. The van der Waals surface area contributed by atoms with E-state index in [4.69, 9.17) is 4.74 Å².